The zero-order valence-electron chi connectivity index (χ0n) is 12.7. The van der Waals surface area contributed by atoms with Crippen LogP contribution in [-0.2, 0) is 11.2 Å². The maximum atomic E-state index is 12.4. The lowest BCUT2D eigenvalue weighted by Gasteiger charge is -2.40. The highest BCUT2D eigenvalue weighted by Crippen LogP contribution is 2.35. The molecule has 2 atom stereocenters. The van der Waals surface area contributed by atoms with Crippen molar-refractivity contribution in [2.24, 2.45) is 0 Å². The van der Waals surface area contributed by atoms with Gasteiger partial charge in [0.25, 0.3) is 0 Å². The smallest absolute Gasteiger partial charge is 0.411 e. The van der Waals surface area contributed by atoms with Crippen LogP contribution >= 0.6 is 15.9 Å². The number of fused-ring (bicyclic) bond motifs is 1. The molecule has 2 unspecified atom stereocenters. The highest BCUT2D eigenvalue weighted by atomic mass is 79.9. The van der Waals surface area contributed by atoms with Crippen LogP contribution in [-0.4, -0.2) is 22.6 Å². The Morgan fingerprint density at radius 3 is 2.60 bits per heavy atom. The van der Waals surface area contributed by atoms with Gasteiger partial charge in [-0.3, -0.25) is 4.90 Å². The molecule has 1 aromatic rings. The summed E-state index contributed by atoms with van der Waals surface area (Å²) in [4.78, 5) is 14.3. The van der Waals surface area contributed by atoms with Crippen LogP contribution in [0.3, 0.4) is 0 Å². The van der Waals surface area contributed by atoms with E-state index in [1.165, 1.54) is 11.1 Å². The molecule has 0 saturated heterocycles. The van der Waals surface area contributed by atoms with Crippen LogP contribution in [0.15, 0.2) is 22.7 Å². The first-order valence-corrected chi connectivity index (χ1v) is 7.78. The van der Waals surface area contributed by atoms with E-state index >= 15 is 0 Å². The molecule has 0 aliphatic carbocycles. The molecule has 20 heavy (non-hydrogen) atoms. The van der Waals surface area contributed by atoms with Crippen LogP contribution in [0.5, 0.6) is 0 Å². The van der Waals surface area contributed by atoms with Crippen molar-refractivity contribution in [2.75, 3.05) is 0 Å². The molecule has 1 aromatic carbocycles. The van der Waals surface area contributed by atoms with Crippen LogP contribution in [0.4, 0.5) is 4.79 Å². The zero-order chi connectivity index (χ0) is 15.1. The molecule has 1 heterocycles. The summed E-state index contributed by atoms with van der Waals surface area (Å²) in [6, 6.07) is 6.44. The van der Waals surface area contributed by atoms with E-state index in [0.29, 0.717) is 0 Å². The van der Waals surface area contributed by atoms with Gasteiger partial charge in [-0.05, 0) is 64.3 Å². The van der Waals surface area contributed by atoms with Gasteiger partial charge in [-0.15, -0.1) is 0 Å². The molecule has 3 nitrogen and oxygen atoms in total. The van der Waals surface area contributed by atoms with Crippen molar-refractivity contribution < 1.29 is 9.53 Å². The Morgan fingerprint density at radius 1 is 1.35 bits per heavy atom. The maximum Gasteiger partial charge on any atom is 0.411 e. The Balaban J connectivity index is 2.29. The van der Waals surface area contributed by atoms with Gasteiger partial charge in [0, 0.05) is 10.5 Å². The average molecular weight is 340 g/mol. The van der Waals surface area contributed by atoms with Crippen molar-refractivity contribution in [3.8, 4) is 0 Å². The minimum atomic E-state index is -0.462. The number of amides is 1. The van der Waals surface area contributed by atoms with Crippen molar-refractivity contribution in [3.05, 3.63) is 33.8 Å². The molecule has 1 aliphatic rings. The van der Waals surface area contributed by atoms with Gasteiger partial charge in [-0.1, -0.05) is 22.0 Å². The first-order chi connectivity index (χ1) is 9.19. The Bertz CT molecular complexity index is 522. The normalized spacial score (nSPS) is 22.4. The van der Waals surface area contributed by atoms with E-state index in [1.807, 2.05) is 31.7 Å². The van der Waals surface area contributed by atoms with Gasteiger partial charge in [0.05, 0.1) is 6.04 Å². The zero-order valence-corrected chi connectivity index (χ0v) is 14.3. The highest BCUT2D eigenvalue weighted by molar-refractivity contribution is 9.10. The summed E-state index contributed by atoms with van der Waals surface area (Å²) in [7, 11) is 0. The molecule has 0 aromatic heterocycles. The van der Waals surface area contributed by atoms with E-state index in [2.05, 4.69) is 41.9 Å². The summed E-state index contributed by atoms with van der Waals surface area (Å²) in [6.07, 6.45) is 0.629. The van der Waals surface area contributed by atoms with Crippen LogP contribution in [0, 0.1) is 0 Å². The number of benzene rings is 1. The van der Waals surface area contributed by atoms with Crippen molar-refractivity contribution in [2.45, 2.75) is 58.7 Å². The lowest BCUT2D eigenvalue weighted by Crippen LogP contribution is -2.47. The van der Waals surface area contributed by atoms with E-state index < -0.39 is 5.60 Å². The van der Waals surface area contributed by atoms with Gasteiger partial charge in [-0.25, -0.2) is 4.79 Å². The fourth-order valence-electron chi connectivity index (χ4n) is 2.76. The SMILES string of the molecule is CC1Cc2cc(Br)ccc2C(C)N1C(=O)OC(C)(C)C. The standard InChI is InChI=1S/C16H22BrNO2/c1-10-8-12-9-13(17)6-7-14(12)11(2)18(10)15(19)20-16(3,4)5/h6-7,9-11H,8H2,1-5H3. The number of halogens is 1. The second-order valence-electron chi connectivity index (χ2n) is 6.46. The molecule has 0 bridgehead atoms. The molecule has 0 N–H and O–H groups in total. The average Bonchev–Trinajstić information content (AvgIpc) is 2.25. The maximum absolute atomic E-state index is 12.4. The number of carbonyl (C=O) groups is 1. The molecule has 0 saturated carbocycles. The third-order valence-corrected chi connectivity index (χ3v) is 4.06. The van der Waals surface area contributed by atoms with E-state index in [1.54, 1.807) is 0 Å². The number of carbonyl (C=O) groups excluding carboxylic acids is 1. The Kier molecular flexibility index (Phi) is 4.14. The molecular formula is C16H22BrNO2. The second kappa shape index (κ2) is 5.40. The summed E-state index contributed by atoms with van der Waals surface area (Å²) < 4.78 is 6.62. The molecule has 0 radical (unpaired) electrons. The number of hydrogen-bond acceptors (Lipinski definition) is 2. The van der Waals surface area contributed by atoms with Gasteiger partial charge in [0.1, 0.15) is 5.60 Å². The van der Waals surface area contributed by atoms with Crippen LogP contribution in [0.1, 0.15) is 51.8 Å². The summed E-state index contributed by atoms with van der Waals surface area (Å²) in [5.74, 6) is 0. The molecule has 4 heteroatoms. The van der Waals surface area contributed by atoms with Crippen molar-refractivity contribution in [1.29, 1.82) is 0 Å². The molecule has 1 amide bonds. The van der Waals surface area contributed by atoms with Crippen LogP contribution < -0.4 is 0 Å². The quantitative estimate of drug-likeness (QED) is 0.686. The van der Waals surface area contributed by atoms with Gasteiger partial charge in [0.2, 0.25) is 0 Å². The highest BCUT2D eigenvalue weighted by Gasteiger charge is 2.35. The van der Waals surface area contributed by atoms with Crippen LogP contribution in [0.25, 0.3) is 0 Å². The fourth-order valence-corrected chi connectivity index (χ4v) is 3.17. The molecule has 0 fully saturated rings. The monoisotopic (exact) mass is 339 g/mol. The molecule has 1 aliphatic heterocycles. The predicted molar refractivity (Wildman–Crippen MR) is 83.8 cm³/mol. The van der Waals surface area contributed by atoms with E-state index in [-0.39, 0.29) is 18.2 Å². The van der Waals surface area contributed by atoms with E-state index in [9.17, 15) is 4.79 Å². The number of ether oxygens (including phenoxy) is 1. The molecule has 2 rings (SSSR count). The van der Waals surface area contributed by atoms with E-state index in [0.717, 1.165) is 10.9 Å². The van der Waals surface area contributed by atoms with Crippen molar-refractivity contribution in [3.63, 3.8) is 0 Å². The first-order valence-electron chi connectivity index (χ1n) is 6.98. The molecule has 0 spiro atoms. The van der Waals surface area contributed by atoms with Crippen molar-refractivity contribution >= 4 is 22.0 Å². The third-order valence-electron chi connectivity index (χ3n) is 3.57. The summed E-state index contributed by atoms with van der Waals surface area (Å²) in [5, 5.41) is 0. The fraction of sp³-hybridized carbons (Fsp3) is 0.562. The minimum absolute atomic E-state index is 0.0386. The predicted octanol–water partition coefficient (Wildman–Crippen LogP) is 4.69. The minimum Gasteiger partial charge on any atom is -0.444 e. The van der Waals surface area contributed by atoms with Gasteiger partial charge in [0.15, 0.2) is 0 Å². The second-order valence-corrected chi connectivity index (χ2v) is 7.38. The van der Waals surface area contributed by atoms with E-state index in [4.69, 9.17) is 4.74 Å². The summed E-state index contributed by atoms with van der Waals surface area (Å²) in [5.41, 5.74) is 2.05. The molecule has 110 valence electrons. The lowest BCUT2D eigenvalue weighted by atomic mass is 9.90. The van der Waals surface area contributed by atoms with Crippen LogP contribution in [0.2, 0.25) is 0 Å². The van der Waals surface area contributed by atoms with Gasteiger partial charge >= 0.3 is 6.09 Å². The largest absolute Gasteiger partial charge is 0.444 e. The van der Waals surface area contributed by atoms with Crippen molar-refractivity contribution in [1.82, 2.24) is 4.90 Å². The Hall–Kier alpha value is -1.03. The lowest BCUT2D eigenvalue weighted by molar-refractivity contribution is 0.00583. The topological polar surface area (TPSA) is 29.5 Å². The van der Waals surface area contributed by atoms with Gasteiger partial charge in [-0.2, -0.15) is 0 Å². The number of rotatable bonds is 0. The first kappa shape index (κ1) is 15.4. The number of nitrogens with zero attached hydrogens (tertiary/aromatic N) is 1. The Labute approximate surface area is 129 Å². The van der Waals surface area contributed by atoms with Gasteiger partial charge < -0.3 is 4.74 Å². The Morgan fingerprint density at radius 2 is 2.00 bits per heavy atom. The summed E-state index contributed by atoms with van der Waals surface area (Å²) in [6.45, 7) is 9.83. The molecular weight excluding hydrogens is 318 g/mol. The summed E-state index contributed by atoms with van der Waals surface area (Å²) >= 11 is 3.51. The third kappa shape index (κ3) is 3.17. The number of hydrogen-bond donors (Lipinski definition) is 0.